The molecule has 0 bridgehead atoms. The van der Waals surface area contributed by atoms with Crippen LogP contribution in [0.25, 0.3) is 0 Å². The number of aliphatic hydroxyl groups is 4. The number of hydrogen-bond acceptors (Lipinski definition) is 5. The third-order valence-corrected chi connectivity index (χ3v) is 3.58. The van der Waals surface area contributed by atoms with Crippen LogP contribution in [0.3, 0.4) is 0 Å². The van der Waals surface area contributed by atoms with Gasteiger partial charge in [-0.05, 0) is 6.42 Å². The second kappa shape index (κ2) is 8.07. The lowest BCUT2D eigenvalue weighted by Crippen LogP contribution is -2.58. The summed E-state index contributed by atoms with van der Waals surface area (Å²) in [6, 6.07) is 0. The Hall–Kier alpha value is -0.200. The molecule has 0 aromatic heterocycles. The molecule has 1 heterocycles. The summed E-state index contributed by atoms with van der Waals surface area (Å²) in [5.74, 6) is 0. The molecule has 0 aromatic rings. The van der Waals surface area contributed by atoms with E-state index >= 15 is 0 Å². The molecule has 0 amide bonds. The van der Waals surface area contributed by atoms with Gasteiger partial charge in [0.2, 0.25) is 0 Å². The van der Waals surface area contributed by atoms with Crippen molar-refractivity contribution in [3.8, 4) is 0 Å². The maximum atomic E-state index is 9.81. The van der Waals surface area contributed by atoms with Crippen LogP contribution in [0.1, 0.15) is 45.4 Å². The maximum Gasteiger partial charge on any atom is 0.111 e. The Morgan fingerprint density at radius 1 is 0.833 bits per heavy atom. The van der Waals surface area contributed by atoms with Gasteiger partial charge in [-0.15, -0.1) is 0 Å². The first-order valence-corrected chi connectivity index (χ1v) is 6.92. The molecule has 0 aliphatic carbocycles. The largest absolute Gasteiger partial charge is 0.394 e. The third-order valence-electron chi connectivity index (χ3n) is 3.58. The molecule has 1 fully saturated rings. The fraction of sp³-hybridized carbons (Fsp3) is 1.00. The first-order valence-electron chi connectivity index (χ1n) is 6.92. The minimum Gasteiger partial charge on any atom is -0.394 e. The molecule has 18 heavy (non-hydrogen) atoms. The summed E-state index contributed by atoms with van der Waals surface area (Å²) in [4.78, 5) is 0. The van der Waals surface area contributed by atoms with Gasteiger partial charge in [0, 0.05) is 0 Å². The van der Waals surface area contributed by atoms with Gasteiger partial charge in [-0.25, -0.2) is 0 Å². The minimum absolute atomic E-state index is 0.350. The van der Waals surface area contributed by atoms with E-state index in [-0.39, 0.29) is 6.61 Å². The van der Waals surface area contributed by atoms with E-state index in [2.05, 4.69) is 6.92 Å². The van der Waals surface area contributed by atoms with Crippen LogP contribution in [0.4, 0.5) is 0 Å². The number of unbranched alkanes of at least 4 members (excludes halogenated alkanes) is 4. The van der Waals surface area contributed by atoms with E-state index < -0.39 is 30.5 Å². The van der Waals surface area contributed by atoms with Gasteiger partial charge in [0.25, 0.3) is 0 Å². The third kappa shape index (κ3) is 4.17. The number of hydrogen-bond donors (Lipinski definition) is 4. The van der Waals surface area contributed by atoms with Gasteiger partial charge in [-0.2, -0.15) is 0 Å². The van der Waals surface area contributed by atoms with Crippen molar-refractivity contribution in [3.63, 3.8) is 0 Å². The predicted molar refractivity (Wildman–Crippen MR) is 67.1 cm³/mol. The van der Waals surface area contributed by atoms with E-state index in [4.69, 9.17) is 9.84 Å². The van der Waals surface area contributed by atoms with Gasteiger partial charge in [0.1, 0.15) is 24.4 Å². The molecule has 4 N–H and O–H groups in total. The standard InChI is InChI=1S/C13H26O5/c1-2-3-4-5-6-7-9-11(15)13(17)12(16)10(8-14)18-9/h9-17H,2-8H2,1H3/t9-,10?,11?,12-,13+/m0/s1. The fourth-order valence-electron chi connectivity index (χ4n) is 2.37. The van der Waals surface area contributed by atoms with Crippen LogP contribution in [0, 0.1) is 0 Å². The van der Waals surface area contributed by atoms with E-state index in [1.54, 1.807) is 0 Å². The molecule has 0 aromatic carbocycles. The van der Waals surface area contributed by atoms with Crippen LogP contribution in [0.5, 0.6) is 0 Å². The van der Waals surface area contributed by atoms with E-state index in [0.29, 0.717) is 6.42 Å². The van der Waals surface area contributed by atoms with E-state index in [1.807, 2.05) is 0 Å². The molecule has 108 valence electrons. The molecule has 1 rings (SSSR count). The van der Waals surface area contributed by atoms with Crippen LogP contribution in [-0.4, -0.2) is 57.6 Å². The summed E-state index contributed by atoms with van der Waals surface area (Å²) >= 11 is 0. The van der Waals surface area contributed by atoms with Crippen LogP contribution in [0.15, 0.2) is 0 Å². The van der Waals surface area contributed by atoms with Gasteiger partial charge >= 0.3 is 0 Å². The molecule has 1 saturated heterocycles. The Morgan fingerprint density at radius 3 is 2.06 bits per heavy atom. The quantitative estimate of drug-likeness (QED) is 0.492. The highest BCUT2D eigenvalue weighted by molar-refractivity contribution is 4.91. The summed E-state index contributed by atoms with van der Waals surface area (Å²) in [5, 5.41) is 38.1. The fourth-order valence-corrected chi connectivity index (χ4v) is 2.37. The first-order chi connectivity index (χ1) is 8.61. The topological polar surface area (TPSA) is 90.2 Å². The Morgan fingerprint density at radius 2 is 1.44 bits per heavy atom. The summed E-state index contributed by atoms with van der Waals surface area (Å²) < 4.78 is 5.43. The highest BCUT2D eigenvalue weighted by Gasteiger charge is 2.42. The molecule has 0 spiro atoms. The molecule has 0 saturated carbocycles. The van der Waals surface area contributed by atoms with Crippen molar-refractivity contribution in [1.29, 1.82) is 0 Å². The molecule has 2 unspecified atom stereocenters. The number of aliphatic hydroxyl groups excluding tert-OH is 4. The van der Waals surface area contributed by atoms with Crippen molar-refractivity contribution in [2.75, 3.05) is 6.61 Å². The number of ether oxygens (including phenoxy) is 1. The van der Waals surface area contributed by atoms with Gasteiger partial charge in [0.05, 0.1) is 12.7 Å². The maximum absolute atomic E-state index is 9.81. The Bertz CT molecular complexity index is 221. The van der Waals surface area contributed by atoms with Crippen LogP contribution in [-0.2, 0) is 4.74 Å². The van der Waals surface area contributed by atoms with Crippen LogP contribution in [0.2, 0.25) is 0 Å². The van der Waals surface area contributed by atoms with Crippen molar-refractivity contribution in [1.82, 2.24) is 0 Å². The summed E-state index contributed by atoms with van der Waals surface area (Å²) in [6.07, 6.45) is 1.34. The highest BCUT2D eigenvalue weighted by atomic mass is 16.5. The van der Waals surface area contributed by atoms with Crippen molar-refractivity contribution in [2.45, 2.75) is 76.0 Å². The zero-order valence-corrected chi connectivity index (χ0v) is 11.0. The van der Waals surface area contributed by atoms with E-state index in [1.165, 1.54) is 12.8 Å². The van der Waals surface area contributed by atoms with Crippen molar-refractivity contribution in [3.05, 3.63) is 0 Å². The molecular weight excluding hydrogens is 236 g/mol. The zero-order chi connectivity index (χ0) is 13.5. The minimum atomic E-state index is -1.24. The smallest absolute Gasteiger partial charge is 0.111 e. The van der Waals surface area contributed by atoms with Crippen LogP contribution >= 0.6 is 0 Å². The lowest BCUT2D eigenvalue weighted by molar-refractivity contribution is -0.230. The van der Waals surface area contributed by atoms with Gasteiger partial charge in [-0.1, -0.05) is 39.0 Å². The molecule has 1 aliphatic heterocycles. The Labute approximate surface area is 108 Å². The molecular formula is C13H26O5. The van der Waals surface area contributed by atoms with Crippen molar-refractivity contribution >= 4 is 0 Å². The van der Waals surface area contributed by atoms with Gasteiger partial charge in [-0.3, -0.25) is 0 Å². The lowest BCUT2D eigenvalue weighted by Gasteiger charge is -2.40. The summed E-state index contributed by atoms with van der Waals surface area (Å²) in [6.45, 7) is 1.80. The average molecular weight is 262 g/mol. The van der Waals surface area contributed by atoms with Gasteiger partial charge in [0.15, 0.2) is 0 Å². The summed E-state index contributed by atoms with van der Waals surface area (Å²) in [7, 11) is 0. The Balaban J connectivity index is 2.35. The van der Waals surface area contributed by atoms with E-state index in [9.17, 15) is 15.3 Å². The highest BCUT2D eigenvalue weighted by Crippen LogP contribution is 2.24. The van der Waals surface area contributed by atoms with Gasteiger partial charge < -0.3 is 25.2 Å². The van der Waals surface area contributed by atoms with Crippen LogP contribution < -0.4 is 0 Å². The SMILES string of the molecule is CCCCCCC[C@@H]1OC(CO)[C@H](O)[C@H](O)C1O. The Kier molecular flexibility index (Phi) is 7.11. The zero-order valence-electron chi connectivity index (χ0n) is 11.0. The molecule has 5 nitrogen and oxygen atoms in total. The molecule has 5 atom stereocenters. The summed E-state index contributed by atoms with van der Waals surface area (Å²) in [5.41, 5.74) is 0. The monoisotopic (exact) mass is 262 g/mol. The van der Waals surface area contributed by atoms with Crippen molar-refractivity contribution in [2.24, 2.45) is 0 Å². The molecule has 5 heteroatoms. The second-order valence-corrected chi connectivity index (χ2v) is 5.07. The lowest BCUT2D eigenvalue weighted by atomic mass is 9.92. The second-order valence-electron chi connectivity index (χ2n) is 5.07. The first kappa shape index (κ1) is 15.9. The van der Waals surface area contributed by atoms with Crippen molar-refractivity contribution < 1.29 is 25.2 Å². The predicted octanol–water partition coefficient (Wildman–Crippen LogP) is 0.189. The normalized spacial score (nSPS) is 36.8. The average Bonchev–Trinajstić information content (AvgIpc) is 2.38. The molecule has 0 radical (unpaired) electrons. The van der Waals surface area contributed by atoms with E-state index in [0.717, 1.165) is 19.3 Å². The molecule has 1 aliphatic rings. The number of rotatable bonds is 7.